The van der Waals surface area contributed by atoms with Crippen molar-refractivity contribution in [1.82, 2.24) is 20.5 Å². The van der Waals surface area contributed by atoms with Gasteiger partial charge in [0, 0.05) is 17.8 Å². The number of hydrogen-bond acceptors (Lipinski definition) is 5. The van der Waals surface area contributed by atoms with Crippen molar-refractivity contribution in [2.45, 2.75) is 19.1 Å². The summed E-state index contributed by atoms with van der Waals surface area (Å²) in [5.74, 6) is -0.735. The van der Waals surface area contributed by atoms with E-state index in [1.54, 1.807) is 0 Å². The predicted molar refractivity (Wildman–Crippen MR) is 77.1 cm³/mol. The van der Waals surface area contributed by atoms with Crippen LogP contribution in [-0.2, 0) is 6.18 Å². The van der Waals surface area contributed by atoms with Gasteiger partial charge in [0.15, 0.2) is 0 Å². The van der Waals surface area contributed by atoms with Gasteiger partial charge in [-0.05, 0) is 25.1 Å². The first-order chi connectivity index (χ1) is 11.2. The van der Waals surface area contributed by atoms with E-state index < -0.39 is 29.4 Å². The maximum atomic E-state index is 12.5. The lowest BCUT2D eigenvalue weighted by Gasteiger charge is -2.10. The maximum absolute atomic E-state index is 12.5. The Morgan fingerprint density at radius 2 is 2.12 bits per heavy atom. The topological polar surface area (TPSA) is 108 Å². The first-order valence-corrected chi connectivity index (χ1v) is 6.77. The molecule has 0 saturated heterocycles. The Labute approximate surface area is 133 Å². The van der Waals surface area contributed by atoms with Crippen molar-refractivity contribution in [3.8, 4) is 11.3 Å². The van der Waals surface area contributed by atoms with E-state index in [-0.39, 0.29) is 23.4 Å². The van der Waals surface area contributed by atoms with Crippen LogP contribution < -0.4 is 10.9 Å². The minimum atomic E-state index is -4.57. The van der Waals surface area contributed by atoms with Crippen molar-refractivity contribution >= 4 is 5.91 Å². The van der Waals surface area contributed by atoms with Crippen molar-refractivity contribution in [1.29, 1.82) is 0 Å². The number of H-pyrrole nitrogens is 1. The third-order valence-electron chi connectivity index (χ3n) is 3.05. The molecule has 3 N–H and O–H groups in total. The first-order valence-electron chi connectivity index (χ1n) is 6.77. The Morgan fingerprint density at radius 3 is 2.67 bits per heavy atom. The standard InChI is InChI=1S/C14H13F3N4O3/c1-7(6-22)19-12(23)9-4-10(20-21-13(9)24)8-2-3-11(18-5-8)14(15,16)17/h2-5,7,22H,6H2,1H3,(H,19,23)(H,21,24). The number of nitrogens with zero attached hydrogens (tertiary/aromatic N) is 2. The molecule has 0 aliphatic rings. The minimum absolute atomic E-state index is 0.0811. The third-order valence-corrected chi connectivity index (χ3v) is 3.05. The highest BCUT2D eigenvalue weighted by molar-refractivity contribution is 5.94. The van der Waals surface area contributed by atoms with Gasteiger partial charge >= 0.3 is 6.18 Å². The molecule has 7 nitrogen and oxygen atoms in total. The number of aromatic amines is 1. The van der Waals surface area contributed by atoms with Crippen molar-refractivity contribution < 1.29 is 23.1 Å². The fraction of sp³-hybridized carbons (Fsp3) is 0.286. The van der Waals surface area contributed by atoms with Crippen LogP contribution in [0.5, 0.6) is 0 Å². The van der Waals surface area contributed by atoms with Crippen LogP contribution in [0.1, 0.15) is 23.0 Å². The number of carbonyl (C=O) groups excluding carboxylic acids is 1. The van der Waals surface area contributed by atoms with Crippen molar-refractivity contribution in [2.75, 3.05) is 6.61 Å². The average Bonchev–Trinajstić information content (AvgIpc) is 2.54. The molecule has 0 radical (unpaired) electrons. The fourth-order valence-corrected chi connectivity index (χ4v) is 1.78. The number of halogens is 3. The van der Waals surface area contributed by atoms with E-state index in [1.165, 1.54) is 6.92 Å². The molecule has 2 aromatic heterocycles. The fourth-order valence-electron chi connectivity index (χ4n) is 1.78. The number of amides is 1. The van der Waals surface area contributed by atoms with Crippen LogP contribution in [0.4, 0.5) is 13.2 Å². The minimum Gasteiger partial charge on any atom is -0.394 e. The Hall–Kier alpha value is -2.75. The number of alkyl halides is 3. The van der Waals surface area contributed by atoms with Gasteiger partial charge in [-0.2, -0.15) is 18.3 Å². The largest absolute Gasteiger partial charge is 0.433 e. The highest BCUT2D eigenvalue weighted by Crippen LogP contribution is 2.28. The molecule has 1 atom stereocenters. The Bertz CT molecular complexity index is 787. The molecule has 0 aromatic carbocycles. The first kappa shape index (κ1) is 17.6. The number of nitrogens with one attached hydrogen (secondary N) is 2. The van der Waals surface area contributed by atoms with Gasteiger partial charge in [-0.15, -0.1) is 0 Å². The summed E-state index contributed by atoms with van der Waals surface area (Å²) < 4.78 is 37.5. The summed E-state index contributed by atoms with van der Waals surface area (Å²) in [5.41, 5.74) is -1.83. The van der Waals surface area contributed by atoms with E-state index in [1.807, 2.05) is 0 Å². The van der Waals surface area contributed by atoms with Gasteiger partial charge in [-0.1, -0.05) is 0 Å². The lowest BCUT2D eigenvalue weighted by atomic mass is 10.1. The molecule has 1 amide bonds. The lowest BCUT2D eigenvalue weighted by Crippen LogP contribution is -2.38. The smallest absolute Gasteiger partial charge is 0.394 e. The van der Waals surface area contributed by atoms with Gasteiger partial charge in [0.05, 0.1) is 12.3 Å². The number of pyridine rings is 1. The second-order valence-electron chi connectivity index (χ2n) is 4.98. The number of hydrogen-bond donors (Lipinski definition) is 3. The van der Waals surface area contributed by atoms with Crippen molar-refractivity contribution in [3.05, 3.63) is 46.0 Å². The SMILES string of the molecule is CC(CO)NC(=O)c1cc(-c2ccc(C(F)(F)F)nc2)n[nH]c1=O. The zero-order chi connectivity index (χ0) is 17.9. The van der Waals surface area contributed by atoms with Crippen LogP contribution in [0, 0.1) is 0 Å². The Kier molecular flexibility index (Phi) is 4.98. The van der Waals surface area contributed by atoms with Gasteiger partial charge in [0.25, 0.3) is 11.5 Å². The molecule has 2 aromatic rings. The summed E-state index contributed by atoms with van der Waals surface area (Å²) in [7, 11) is 0. The normalized spacial score (nSPS) is 12.7. The Morgan fingerprint density at radius 1 is 1.42 bits per heavy atom. The second-order valence-corrected chi connectivity index (χ2v) is 4.98. The monoisotopic (exact) mass is 342 g/mol. The van der Waals surface area contributed by atoms with Crippen LogP contribution in [-0.4, -0.2) is 38.8 Å². The molecular weight excluding hydrogens is 329 g/mol. The molecule has 0 bridgehead atoms. The van der Waals surface area contributed by atoms with E-state index in [0.29, 0.717) is 0 Å². The summed E-state index contributed by atoms with van der Waals surface area (Å²) in [5, 5.41) is 17.1. The predicted octanol–water partition coefficient (Wildman–Crippen LogP) is 0.961. The van der Waals surface area contributed by atoms with E-state index in [9.17, 15) is 22.8 Å². The van der Waals surface area contributed by atoms with Gasteiger partial charge in [-0.3, -0.25) is 14.6 Å². The van der Waals surface area contributed by atoms with Crippen molar-refractivity contribution in [2.24, 2.45) is 0 Å². The summed E-state index contributed by atoms with van der Waals surface area (Å²) in [6, 6.07) is 2.48. The highest BCUT2D eigenvalue weighted by Gasteiger charge is 2.32. The van der Waals surface area contributed by atoms with E-state index >= 15 is 0 Å². The van der Waals surface area contributed by atoms with Crippen LogP contribution in [0.15, 0.2) is 29.2 Å². The quantitative estimate of drug-likeness (QED) is 0.767. The van der Waals surface area contributed by atoms with Crippen LogP contribution in [0.3, 0.4) is 0 Å². The third kappa shape index (κ3) is 3.96. The van der Waals surface area contributed by atoms with Gasteiger partial charge in [0.2, 0.25) is 0 Å². The van der Waals surface area contributed by atoms with E-state index in [4.69, 9.17) is 5.11 Å². The maximum Gasteiger partial charge on any atom is 0.433 e. The molecule has 24 heavy (non-hydrogen) atoms. The van der Waals surface area contributed by atoms with E-state index in [0.717, 1.165) is 24.4 Å². The molecule has 0 spiro atoms. The molecule has 10 heteroatoms. The highest BCUT2D eigenvalue weighted by atomic mass is 19.4. The molecule has 2 rings (SSSR count). The molecule has 128 valence electrons. The zero-order valence-electron chi connectivity index (χ0n) is 12.4. The molecule has 2 heterocycles. The molecular formula is C14H13F3N4O3. The second kappa shape index (κ2) is 6.79. The molecule has 0 fully saturated rings. The number of aliphatic hydroxyl groups is 1. The van der Waals surface area contributed by atoms with Crippen LogP contribution in [0.25, 0.3) is 11.3 Å². The number of rotatable bonds is 4. The summed E-state index contributed by atoms with van der Waals surface area (Å²) in [4.78, 5) is 27.0. The van der Waals surface area contributed by atoms with Crippen LogP contribution in [0.2, 0.25) is 0 Å². The molecule has 0 aliphatic carbocycles. The number of aliphatic hydroxyl groups excluding tert-OH is 1. The van der Waals surface area contributed by atoms with Crippen molar-refractivity contribution in [3.63, 3.8) is 0 Å². The number of carbonyl (C=O) groups is 1. The summed E-state index contributed by atoms with van der Waals surface area (Å²) in [6.07, 6.45) is -3.62. The molecule has 1 unspecified atom stereocenters. The van der Waals surface area contributed by atoms with Crippen LogP contribution >= 0.6 is 0 Å². The van der Waals surface area contributed by atoms with Gasteiger partial charge < -0.3 is 10.4 Å². The average molecular weight is 342 g/mol. The summed E-state index contributed by atoms with van der Waals surface area (Å²) >= 11 is 0. The van der Waals surface area contributed by atoms with Gasteiger partial charge in [0.1, 0.15) is 11.3 Å². The molecule has 0 aliphatic heterocycles. The lowest BCUT2D eigenvalue weighted by molar-refractivity contribution is -0.141. The number of aromatic nitrogens is 3. The molecule has 0 saturated carbocycles. The summed E-state index contributed by atoms with van der Waals surface area (Å²) in [6.45, 7) is 1.22. The Balaban J connectivity index is 2.34. The zero-order valence-corrected chi connectivity index (χ0v) is 12.4. The van der Waals surface area contributed by atoms with Gasteiger partial charge in [-0.25, -0.2) is 5.10 Å². The van der Waals surface area contributed by atoms with E-state index in [2.05, 4.69) is 20.5 Å².